The molecular weight excluding hydrogens is 456 g/mol. The molecule has 0 saturated heterocycles. The summed E-state index contributed by atoms with van der Waals surface area (Å²) in [6.07, 6.45) is 0. The van der Waals surface area contributed by atoms with Gasteiger partial charge in [0.1, 0.15) is 18.9 Å². The smallest absolute Gasteiger partial charge is 0.322 e. The molecule has 0 aliphatic rings. The van der Waals surface area contributed by atoms with E-state index in [-0.39, 0.29) is 17.5 Å². The molecule has 4 aromatic rings. The molecule has 0 aliphatic heterocycles. The zero-order chi connectivity index (χ0) is 24.1. The van der Waals surface area contributed by atoms with Gasteiger partial charge in [0.2, 0.25) is 0 Å². The van der Waals surface area contributed by atoms with Crippen molar-refractivity contribution in [3.63, 3.8) is 0 Å². The van der Waals surface area contributed by atoms with Gasteiger partial charge < -0.3 is 20.4 Å². The predicted octanol–water partition coefficient (Wildman–Crippen LogP) is 3.30. The number of carbonyl (C=O) groups excluding carboxylic acids is 1. The highest BCUT2D eigenvalue weighted by Crippen LogP contribution is 2.33. The van der Waals surface area contributed by atoms with Crippen molar-refractivity contribution in [2.24, 2.45) is 0 Å². The second kappa shape index (κ2) is 10.1. The van der Waals surface area contributed by atoms with Gasteiger partial charge in [-0.2, -0.15) is 0 Å². The molecule has 0 aliphatic carbocycles. The van der Waals surface area contributed by atoms with Crippen LogP contribution in [0.3, 0.4) is 0 Å². The largest absolute Gasteiger partial charge is 0.506 e. The molecular formula is C25H20N2O6S. The Kier molecular flexibility index (Phi) is 6.84. The maximum absolute atomic E-state index is 13.2. The van der Waals surface area contributed by atoms with Crippen LogP contribution < -0.4 is 15.7 Å². The van der Waals surface area contributed by atoms with E-state index in [0.717, 1.165) is 20.1 Å². The lowest BCUT2D eigenvalue weighted by atomic mass is 10.1. The summed E-state index contributed by atoms with van der Waals surface area (Å²) in [5.74, 6) is -2.83. The molecule has 0 atom stereocenters. The van der Waals surface area contributed by atoms with Crippen LogP contribution in [0.2, 0.25) is 0 Å². The number of pyridine rings is 1. The van der Waals surface area contributed by atoms with Crippen LogP contribution >= 0.6 is 11.8 Å². The number of nitrogens with zero attached hydrogens (tertiary/aromatic N) is 1. The van der Waals surface area contributed by atoms with Gasteiger partial charge in [0, 0.05) is 15.2 Å². The van der Waals surface area contributed by atoms with Gasteiger partial charge in [0.15, 0.2) is 5.56 Å². The first kappa shape index (κ1) is 22.9. The molecule has 0 bridgehead atoms. The third kappa shape index (κ3) is 5.05. The highest BCUT2D eigenvalue weighted by molar-refractivity contribution is 7.99. The lowest BCUT2D eigenvalue weighted by Crippen LogP contribution is -2.37. The molecule has 1 aromatic heterocycles. The number of aliphatic carboxylic acids is 1. The third-order valence-electron chi connectivity index (χ3n) is 4.89. The first-order valence-corrected chi connectivity index (χ1v) is 11.1. The number of hydrogen-bond donors (Lipinski definition) is 3. The Bertz CT molecular complexity index is 1400. The molecule has 0 fully saturated rings. The summed E-state index contributed by atoms with van der Waals surface area (Å²) in [4.78, 5) is 44.1. The van der Waals surface area contributed by atoms with E-state index < -0.39 is 35.3 Å². The van der Waals surface area contributed by atoms with E-state index in [9.17, 15) is 19.5 Å². The number of benzene rings is 3. The van der Waals surface area contributed by atoms with E-state index >= 15 is 0 Å². The highest BCUT2D eigenvalue weighted by Gasteiger charge is 2.24. The fourth-order valence-corrected chi connectivity index (χ4v) is 4.19. The van der Waals surface area contributed by atoms with Gasteiger partial charge >= 0.3 is 5.97 Å². The lowest BCUT2D eigenvalue weighted by Gasteiger charge is -2.16. The summed E-state index contributed by atoms with van der Waals surface area (Å²) < 4.78 is 0.953. The van der Waals surface area contributed by atoms with Gasteiger partial charge in [-0.1, -0.05) is 60.3 Å². The van der Waals surface area contributed by atoms with E-state index in [1.165, 1.54) is 11.8 Å². The zero-order valence-corrected chi connectivity index (χ0v) is 18.6. The lowest BCUT2D eigenvalue weighted by molar-refractivity contribution is -0.135. The molecule has 4 rings (SSSR count). The zero-order valence-electron chi connectivity index (χ0n) is 17.8. The van der Waals surface area contributed by atoms with Gasteiger partial charge in [-0.25, -0.2) is 0 Å². The summed E-state index contributed by atoms with van der Waals surface area (Å²) >= 11 is 1.44. The van der Waals surface area contributed by atoms with E-state index in [1.54, 1.807) is 18.2 Å². The van der Waals surface area contributed by atoms with Crippen LogP contribution in [0.25, 0.3) is 10.9 Å². The number of carboxylic acids is 1. The van der Waals surface area contributed by atoms with E-state index in [4.69, 9.17) is 9.94 Å². The third-order valence-corrected chi connectivity index (χ3v) is 5.88. The fraction of sp³-hybridized carbons (Fsp3) is 0.0800. The topological polar surface area (TPSA) is 118 Å². The molecule has 0 radical (unpaired) electrons. The number of hydrogen-bond acceptors (Lipinski definition) is 6. The second-order valence-corrected chi connectivity index (χ2v) is 8.40. The van der Waals surface area contributed by atoms with Crippen molar-refractivity contribution in [2.75, 3.05) is 6.54 Å². The minimum Gasteiger partial charge on any atom is -0.506 e. The van der Waals surface area contributed by atoms with Crippen molar-refractivity contribution in [2.45, 2.75) is 16.4 Å². The van der Waals surface area contributed by atoms with Crippen LogP contribution in [-0.2, 0) is 11.4 Å². The number of nitrogens with one attached hydrogen (secondary N) is 1. The normalized spacial score (nSPS) is 10.7. The van der Waals surface area contributed by atoms with Crippen LogP contribution in [0.5, 0.6) is 5.75 Å². The van der Waals surface area contributed by atoms with Gasteiger partial charge in [-0.15, -0.1) is 4.73 Å². The van der Waals surface area contributed by atoms with Crippen molar-refractivity contribution >= 4 is 34.5 Å². The van der Waals surface area contributed by atoms with Crippen molar-refractivity contribution in [1.29, 1.82) is 0 Å². The fourth-order valence-electron chi connectivity index (χ4n) is 3.31. The summed E-state index contributed by atoms with van der Waals surface area (Å²) in [7, 11) is 0. The van der Waals surface area contributed by atoms with Crippen LogP contribution in [0.1, 0.15) is 15.9 Å². The van der Waals surface area contributed by atoms with Gasteiger partial charge in [-0.05, 0) is 35.9 Å². The van der Waals surface area contributed by atoms with Gasteiger partial charge in [-0.3, -0.25) is 14.4 Å². The Balaban J connectivity index is 1.80. The monoisotopic (exact) mass is 476 g/mol. The van der Waals surface area contributed by atoms with Crippen molar-refractivity contribution < 1.29 is 24.6 Å². The Hall–Kier alpha value is -4.24. The molecule has 0 unspecified atom stereocenters. The molecule has 1 amide bonds. The predicted molar refractivity (Wildman–Crippen MR) is 127 cm³/mol. The molecule has 172 valence electrons. The number of carbonyl (C=O) groups is 2. The Morgan fingerprint density at radius 3 is 2.29 bits per heavy atom. The van der Waals surface area contributed by atoms with E-state index in [1.807, 2.05) is 60.7 Å². The Labute approximate surface area is 198 Å². The first-order chi connectivity index (χ1) is 16.4. The minimum atomic E-state index is -1.28. The Morgan fingerprint density at radius 1 is 0.941 bits per heavy atom. The van der Waals surface area contributed by atoms with Crippen molar-refractivity contribution in [1.82, 2.24) is 10.0 Å². The molecule has 9 heteroatoms. The molecule has 1 heterocycles. The number of rotatable bonds is 8. The van der Waals surface area contributed by atoms with Gasteiger partial charge in [0.25, 0.3) is 11.5 Å². The van der Waals surface area contributed by atoms with E-state index in [2.05, 4.69) is 5.32 Å². The SMILES string of the molecule is O=C(O)CNC(=O)c1c(O)c2cc(Sc3ccccc3)ccc2n(OCc2ccccc2)c1=O. The van der Waals surface area contributed by atoms with Crippen LogP contribution in [0.4, 0.5) is 0 Å². The van der Waals surface area contributed by atoms with E-state index in [0.29, 0.717) is 0 Å². The summed E-state index contributed by atoms with van der Waals surface area (Å²) in [6, 6.07) is 23.8. The van der Waals surface area contributed by atoms with Crippen LogP contribution in [-0.4, -0.2) is 33.4 Å². The number of carboxylic acid groups (broad SMARTS) is 1. The molecule has 34 heavy (non-hydrogen) atoms. The highest BCUT2D eigenvalue weighted by atomic mass is 32.2. The minimum absolute atomic E-state index is 0.0390. The summed E-state index contributed by atoms with van der Waals surface area (Å²) in [5.41, 5.74) is -0.426. The maximum Gasteiger partial charge on any atom is 0.322 e. The number of aromatic nitrogens is 1. The number of amides is 1. The van der Waals surface area contributed by atoms with Gasteiger partial charge in [0.05, 0.1) is 5.52 Å². The second-order valence-electron chi connectivity index (χ2n) is 7.25. The Morgan fingerprint density at radius 2 is 1.62 bits per heavy atom. The van der Waals surface area contributed by atoms with Crippen molar-refractivity contribution in [3.05, 3.63) is 100 Å². The van der Waals surface area contributed by atoms with Crippen molar-refractivity contribution in [3.8, 4) is 5.75 Å². The molecule has 0 spiro atoms. The summed E-state index contributed by atoms with van der Waals surface area (Å²) in [6.45, 7) is -0.665. The first-order valence-electron chi connectivity index (χ1n) is 10.3. The molecule has 8 nitrogen and oxygen atoms in total. The maximum atomic E-state index is 13.2. The number of fused-ring (bicyclic) bond motifs is 1. The standard InChI is InChI=1S/C25H20N2O6S/c28-21(29)14-26-24(31)22-23(30)19-13-18(34-17-9-5-2-6-10-17)11-12-20(19)27(25(22)32)33-15-16-7-3-1-4-8-16/h1-13,30H,14-15H2,(H,26,31)(H,28,29). The quantitative estimate of drug-likeness (QED) is 0.357. The molecule has 3 N–H and O–H groups in total. The van der Waals surface area contributed by atoms with Crippen LogP contribution in [0, 0.1) is 0 Å². The van der Waals surface area contributed by atoms with Crippen LogP contribution in [0.15, 0.2) is 93.4 Å². The average molecular weight is 477 g/mol. The summed E-state index contributed by atoms with van der Waals surface area (Å²) in [5, 5.41) is 22.1. The molecule has 0 saturated carbocycles. The average Bonchev–Trinajstić information content (AvgIpc) is 2.84. The molecule has 3 aromatic carbocycles. The number of aromatic hydroxyl groups is 1.